The first kappa shape index (κ1) is 5.38. The zero-order chi connectivity index (χ0) is 6.27. The lowest BCUT2D eigenvalue weighted by Crippen LogP contribution is -2.30. The first-order valence-electron chi connectivity index (χ1n) is 3.34. The summed E-state index contributed by atoms with van der Waals surface area (Å²) in [6.45, 7) is 3.40. The maximum atomic E-state index is 4.31. The Morgan fingerprint density at radius 2 is 2.44 bits per heavy atom. The van der Waals surface area contributed by atoms with Crippen molar-refractivity contribution in [3.05, 3.63) is 0 Å². The van der Waals surface area contributed by atoms with E-state index in [0.29, 0.717) is 6.29 Å². The summed E-state index contributed by atoms with van der Waals surface area (Å²) in [6.07, 6.45) is 2.38. The number of aliphatic imine (C=N–C) groups is 1. The third-order valence-corrected chi connectivity index (χ3v) is 2.02. The van der Waals surface area contributed by atoms with Gasteiger partial charge >= 0.3 is 0 Å². The second-order valence-corrected chi connectivity index (χ2v) is 2.65. The summed E-state index contributed by atoms with van der Waals surface area (Å²) in [4.78, 5) is 8.93. The van der Waals surface area contributed by atoms with Crippen LogP contribution in [-0.4, -0.2) is 49.0 Å². The molecule has 3 heteroatoms. The quantitative estimate of drug-likeness (QED) is 0.439. The first-order chi connectivity index (χ1) is 4.38. The Morgan fingerprint density at radius 3 is 3.22 bits per heavy atom. The van der Waals surface area contributed by atoms with Crippen LogP contribution in [0.15, 0.2) is 4.99 Å². The standard InChI is InChI=1S/C6H11N3/c1-8-4-5-9-3-2-7-6(8)9/h2,6H,3-5H2,1H3. The van der Waals surface area contributed by atoms with Gasteiger partial charge in [0, 0.05) is 25.8 Å². The van der Waals surface area contributed by atoms with Gasteiger partial charge in [-0.15, -0.1) is 0 Å². The van der Waals surface area contributed by atoms with E-state index < -0.39 is 0 Å². The molecule has 0 bridgehead atoms. The third-order valence-electron chi connectivity index (χ3n) is 2.02. The van der Waals surface area contributed by atoms with Crippen molar-refractivity contribution in [3.63, 3.8) is 0 Å². The third kappa shape index (κ3) is 0.686. The summed E-state index contributed by atoms with van der Waals surface area (Å²) >= 11 is 0. The van der Waals surface area contributed by atoms with Crippen LogP contribution in [0.1, 0.15) is 0 Å². The predicted octanol–water partition coefficient (Wildman–Crippen LogP) is -0.398. The van der Waals surface area contributed by atoms with E-state index in [0.717, 1.165) is 6.54 Å². The van der Waals surface area contributed by atoms with Crippen molar-refractivity contribution in [1.82, 2.24) is 9.80 Å². The van der Waals surface area contributed by atoms with E-state index in [9.17, 15) is 0 Å². The smallest absolute Gasteiger partial charge is 0.158 e. The normalized spacial score (nSPS) is 35.9. The average Bonchev–Trinajstić information content (AvgIpc) is 2.35. The molecule has 50 valence electrons. The molecule has 3 nitrogen and oxygen atoms in total. The van der Waals surface area contributed by atoms with Gasteiger partial charge in [0.05, 0.1) is 0 Å². The van der Waals surface area contributed by atoms with Crippen molar-refractivity contribution in [2.24, 2.45) is 4.99 Å². The van der Waals surface area contributed by atoms with Gasteiger partial charge in [0.1, 0.15) is 0 Å². The second-order valence-electron chi connectivity index (χ2n) is 2.65. The highest BCUT2D eigenvalue weighted by molar-refractivity contribution is 5.62. The summed E-state index contributed by atoms with van der Waals surface area (Å²) in [5, 5.41) is 0. The van der Waals surface area contributed by atoms with Gasteiger partial charge in [0.25, 0.3) is 0 Å². The van der Waals surface area contributed by atoms with Crippen molar-refractivity contribution in [1.29, 1.82) is 0 Å². The zero-order valence-corrected chi connectivity index (χ0v) is 5.62. The molecule has 0 N–H and O–H groups in total. The van der Waals surface area contributed by atoms with Gasteiger partial charge in [0.15, 0.2) is 6.29 Å². The van der Waals surface area contributed by atoms with Crippen LogP contribution in [0, 0.1) is 0 Å². The topological polar surface area (TPSA) is 18.8 Å². The minimum absolute atomic E-state index is 0.380. The summed E-state index contributed by atoms with van der Waals surface area (Å²) in [5.74, 6) is 0. The molecule has 0 spiro atoms. The fourth-order valence-electron chi connectivity index (χ4n) is 1.44. The van der Waals surface area contributed by atoms with Crippen molar-refractivity contribution in [2.45, 2.75) is 6.29 Å². The second kappa shape index (κ2) is 1.78. The van der Waals surface area contributed by atoms with Crippen LogP contribution < -0.4 is 0 Å². The van der Waals surface area contributed by atoms with Crippen LogP contribution in [0.3, 0.4) is 0 Å². The molecule has 0 aromatic rings. The Labute approximate surface area is 55.0 Å². The molecule has 2 aliphatic heterocycles. The average molecular weight is 125 g/mol. The summed E-state index contributed by atoms with van der Waals surface area (Å²) in [6, 6.07) is 0. The van der Waals surface area contributed by atoms with E-state index in [1.54, 1.807) is 0 Å². The molecule has 0 amide bonds. The lowest BCUT2D eigenvalue weighted by atomic mass is 10.6. The fourth-order valence-corrected chi connectivity index (χ4v) is 1.44. The van der Waals surface area contributed by atoms with Gasteiger partial charge in [-0.1, -0.05) is 0 Å². The Bertz CT molecular complexity index is 143. The molecule has 2 aliphatic rings. The number of rotatable bonds is 0. The van der Waals surface area contributed by atoms with Crippen LogP contribution in [0.4, 0.5) is 0 Å². The number of hydrogen-bond donors (Lipinski definition) is 0. The lowest BCUT2D eigenvalue weighted by molar-refractivity contribution is 0.203. The number of hydrogen-bond acceptors (Lipinski definition) is 3. The lowest BCUT2D eigenvalue weighted by Gasteiger charge is -2.16. The van der Waals surface area contributed by atoms with Crippen molar-refractivity contribution >= 4 is 6.21 Å². The van der Waals surface area contributed by atoms with E-state index in [2.05, 4.69) is 21.8 Å². The SMILES string of the molecule is CN1CCN2CC=NC12. The van der Waals surface area contributed by atoms with E-state index in [1.807, 2.05) is 6.21 Å². The van der Waals surface area contributed by atoms with Gasteiger partial charge in [-0.2, -0.15) is 0 Å². The van der Waals surface area contributed by atoms with Crippen LogP contribution in [0.5, 0.6) is 0 Å². The predicted molar refractivity (Wildman–Crippen MR) is 36.5 cm³/mol. The fraction of sp³-hybridized carbons (Fsp3) is 0.833. The van der Waals surface area contributed by atoms with Gasteiger partial charge in [-0.25, -0.2) is 0 Å². The highest BCUT2D eigenvalue weighted by Crippen LogP contribution is 2.15. The van der Waals surface area contributed by atoms with Crippen LogP contribution in [0.25, 0.3) is 0 Å². The Kier molecular flexibility index (Phi) is 1.07. The van der Waals surface area contributed by atoms with Gasteiger partial charge in [-0.3, -0.25) is 14.8 Å². The summed E-state index contributed by atoms with van der Waals surface area (Å²) < 4.78 is 0. The molecule has 1 unspecified atom stereocenters. The van der Waals surface area contributed by atoms with Crippen LogP contribution in [-0.2, 0) is 0 Å². The molecule has 1 atom stereocenters. The monoisotopic (exact) mass is 125 g/mol. The van der Waals surface area contributed by atoms with Crippen molar-refractivity contribution < 1.29 is 0 Å². The molecular weight excluding hydrogens is 114 g/mol. The van der Waals surface area contributed by atoms with Crippen molar-refractivity contribution in [3.8, 4) is 0 Å². The molecule has 0 saturated carbocycles. The van der Waals surface area contributed by atoms with Crippen LogP contribution >= 0.6 is 0 Å². The minimum Gasteiger partial charge on any atom is -0.271 e. The highest BCUT2D eigenvalue weighted by Gasteiger charge is 2.30. The maximum absolute atomic E-state index is 4.31. The van der Waals surface area contributed by atoms with E-state index in [4.69, 9.17) is 0 Å². The Morgan fingerprint density at radius 1 is 1.56 bits per heavy atom. The number of nitrogens with zero attached hydrogens (tertiary/aromatic N) is 3. The van der Waals surface area contributed by atoms with E-state index in [-0.39, 0.29) is 0 Å². The molecule has 9 heavy (non-hydrogen) atoms. The zero-order valence-electron chi connectivity index (χ0n) is 5.62. The van der Waals surface area contributed by atoms with Gasteiger partial charge in [0.2, 0.25) is 0 Å². The van der Waals surface area contributed by atoms with E-state index in [1.165, 1.54) is 13.1 Å². The maximum Gasteiger partial charge on any atom is 0.158 e. The minimum atomic E-state index is 0.380. The molecule has 1 fully saturated rings. The molecular formula is C6H11N3. The highest BCUT2D eigenvalue weighted by atomic mass is 15.5. The molecule has 0 aromatic carbocycles. The Balaban J connectivity index is 2.15. The molecule has 2 heterocycles. The summed E-state index contributed by atoms with van der Waals surface area (Å²) in [7, 11) is 2.12. The first-order valence-corrected chi connectivity index (χ1v) is 3.34. The van der Waals surface area contributed by atoms with Crippen LogP contribution in [0.2, 0.25) is 0 Å². The van der Waals surface area contributed by atoms with Crippen molar-refractivity contribution in [2.75, 3.05) is 26.7 Å². The van der Waals surface area contributed by atoms with Gasteiger partial charge < -0.3 is 0 Å². The summed E-state index contributed by atoms with van der Waals surface area (Å²) in [5.41, 5.74) is 0. The molecule has 2 rings (SSSR count). The number of fused-ring (bicyclic) bond motifs is 1. The molecule has 0 aromatic heterocycles. The Hall–Kier alpha value is -0.410. The van der Waals surface area contributed by atoms with Gasteiger partial charge in [-0.05, 0) is 7.05 Å². The molecule has 1 saturated heterocycles. The largest absolute Gasteiger partial charge is 0.271 e. The molecule has 0 aliphatic carbocycles. The van der Waals surface area contributed by atoms with E-state index >= 15 is 0 Å². The molecule has 0 radical (unpaired) electrons. The number of likely N-dealkylation sites (N-methyl/N-ethyl adjacent to an activating group) is 1.